The molecular formula is C17H14O4. The summed E-state index contributed by atoms with van der Waals surface area (Å²) < 4.78 is 10.5. The number of aryl methyl sites for hydroxylation is 1. The molecule has 0 spiro atoms. The molecule has 0 atom stereocenters. The average molecular weight is 282 g/mol. The second-order valence-corrected chi connectivity index (χ2v) is 4.93. The largest absolute Gasteiger partial charge is 0.493 e. The van der Waals surface area contributed by atoms with Crippen molar-refractivity contribution in [1.82, 2.24) is 0 Å². The summed E-state index contributed by atoms with van der Waals surface area (Å²) >= 11 is 0. The van der Waals surface area contributed by atoms with Crippen molar-refractivity contribution in [2.75, 3.05) is 14.2 Å². The van der Waals surface area contributed by atoms with E-state index in [0.29, 0.717) is 28.2 Å². The second kappa shape index (κ2) is 4.74. The molecule has 0 N–H and O–H groups in total. The minimum atomic E-state index is -0.213. The summed E-state index contributed by atoms with van der Waals surface area (Å²) in [4.78, 5) is 25.3. The van der Waals surface area contributed by atoms with Crippen LogP contribution < -0.4 is 9.47 Å². The maximum absolute atomic E-state index is 12.7. The van der Waals surface area contributed by atoms with Crippen molar-refractivity contribution in [3.05, 3.63) is 58.1 Å². The van der Waals surface area contributed by atoms with Gasteiger partial charge >= 0.3 is 0 Å². The van der Waals surface area contributed by atoms with E-state index in [4.69, 9.17) is 9.47 Å². The molecule has 2 aromatic carbocycles. The Morgan fingerprint density at radius 1 is 0.810 bits per heavy atom. The molecule has 0 saturated heterocycles. The van der Waals surface area contributed by atoms with E-state index in [0.717, 1.165) is 5.56 Å². The molecule has 0 aromatic heterocycles. The lowest BCUT2D eigenvalue weighted by Crippen LogP contribution is -2.22. The normalized spacial score (nSPS) is 12.7. The Kier molecular flexibility index (Phi) is 3.01. The fourth-order valence-corrected chi connectivity index (χ4v) is 2.67. The van der Waals surface area contributed by atoms with Crippen molar-refractivity contribution in [3.8, 4) is 11.5 Å². The van der Waals surface area contributed by atoms with Crippen LogP contribution in [0.5, 0.6) is 11.5 Å². The van der Waals surface area contributed by atoms with E-state index in [1.165, 1.54) is 14.2 Å². The van der Waals surface area contributed by atoms with Crippen LogP contribution in [0.25, 0.3) is 0 Å². The third kappa shape index (κ3) is 1.83. The van der Waals surface area contributed by atoms with Gasteiger partial charge in [-0.3, -0.25) is 9.59 Å². The molecule has 106 valence electrons. The van der Waals surface area contributed by atoms with Gasteiger partial charge in [0.2, 0.25) is 0 Å². The summed E-state index contributed by atoms with van der Waals surface area (Å²) in [5.41, 5.74) is 2.43. The molecule has 2 aromatic rings. The molecule has 0 heterocycles. The predicted octanol–water partition coefficient (Wildman–Crippen LogP) is 2.79. The molecule has 1 aliphatic rings. The third-order valence-electron chi connectivity index (χ3n) is 3.68. The number of fused-ring (bicyclic) bond motifs is 2. The van der Waals surface area contributed by atoms with Crippen molar-refractivity contribution in [2.45, 2.75) is 6.92 Å². The maximum Gasteiger partial charge on any atom is 0.198 e. The Hall–Kier alpha value is -2.62. The maximum atomic E-state index is 12.7. The van der Waals surface area contributed by atoms with Crippen LogP contribution in [0.15, 0.2) is 30.3 Å². The molecule has 4 nitrogen and oxygen atoms in total. The first-order valence-electron chi connectivity index (χ1n) is 6.53. The number of ether oxygens (including phenoxy) is 2. The van der Waals surface area contributed by atoms with Gasteiger partial charge in [-0.15, -0.1) is 0 Å². The van der Waals surface area contributed by atoms with Gasteiger partial charge in [0.25, 0.3) is 0 Å². The number of ketones is 2. The van der Waals surface area contributed by atoms with E-state index in [2.05, 4.69) is 0 Å². The summed E-state index contributed by atoms with van der Waals surface area (Å²) in [6.45, 7) is 1.89. The molecule has 0 radical (unpaired) electrons. The Bertz CT molecular complexity index is 775. The highest BCUT2D eigenvalue weighted by atomic mass is 16.5. The van der Waals surface area contributed by atoms with Gasteiger partial charge in [-0.05, 0) is 25.1 Å². The number of hydrogen-bond acceptors (Lipinski definition) is 4. The Morgan fingerprint density at radius 3 is 2.19 bits per heavy atom. The molecule has 0 unspecified atom stereocenters. The second-order valence-electron chi connectivity index (χ2n) is 4.93. The van der Waals surface area contributed by atoms with E-state index in [9.17, 15) is 9.59 Å². The van der Waals surface area contributed by atoms with Crippen molar-refractivity contribution in [2.24, 2.45) is 0 Å². The zero-order valence-corrected chi connectivity index (χ0v) is 12.0. The summed E-state index contributed by atoms with van der Waals surface area (Å²) in [7, 11) is 2.96. The van der Waals surface area contributed by atoms with Crippen LogP contribution in [0.4, 0.5) is 0 Å². The van der Waals surface area contributed by atoms with Gasteiger partial charge in [-0.2, -0.15) is 0 Å². The van der Waals surface area contributed by atoms with Gasteiger partial charge in [-0.1, -0.05) is 17.7 Å². The number of carbonyl (C=O) groups is 2. The van der Waals surface area contributed by atoms with Gasteiger partial charge in [0.05, 0.1) is 19.8 Å². The predicted molar refractivity (Wildman–Crippen MR) is 77.6 cm³/mol. The molecule has 1 aliphatic carbocycles. The summed E-state index contributed by atoms with van der Waals surface area (Å²) in [6, 6.07) is 8.51. The highest BCUT2D eigenvalue weighted by Crippen LogP contribution is 2.39. The number of benzene rings is 2. The van der Waals surface area contributed by atoms with E-state index >= 15 is 0 Å². The van der Waals surface area contributed by atoms with E-state index in [-0.39, 0.29) is 17.1 Å². The van der Waals surface area contributed by atoms with Crippen LogP contribution in [0.2, 0.25) is 0 Å². The topological polar surface area (TPSA) is 52.6 Å². The smallest absolute Gasteiger partial charge is 0.198 e. The number of rotatable bonds is 2. The Morgan fingerprint density at radius 2 is 1.52 bits per heavy atom. The minimum Gasteiger partial charge on any atom is -0.493 e. The first-order chi connectivity index (χ1) is 10.1. The van der Waals surface area contributed by atoms with Gasteiger partial charge < -0.3 is 9.47 Å². The van der Waals surface area contributed by atoms with E-state index in [1.54, 1.807) is 24.3 Å². The molecule has 0 bridgehead atoms. The molecule has 21 heavy (non-hydrogen) atoms. The lowest BCUT2D eigenvalue weighted by Gasteiger charge is -2.21. The van der Waals surface area contributed by atoms with Crippen molar-refractivity contribution in [3.63, 3.8) is 0 Å². The minimum absolute atomic E-state index is 0.163. The summed E-state index contributed by atoms with van der Waals surface area (Å²) in [6.07, 6.45) is 0. The summed E-state index contributed by atoms with van der Waals surface area (Å²) in [5, 5.41) is 0. The summed E-state index contributed by atoms with van der Waals surface area (Å²) in [5.74, 6) is 0.368. The van der Waals surface area contributed by atoms with Crippen molar-refractivity contribution >= 4 is 11.6 Å². The molecule has 0 aliphatic heterocycles. The highest BCUT2D eigenvalue weighted by molar-refractivity contribution is 6.29. The van der Waals surface area contributed by atoms with Gasteiger partial charge in [0.15, 0.2) is 23.1 Å². The van der Waals surface area contributed by atoms with Gasteiger partial charge in [0.1, 0.15) is 0 Å². The molecule has 4 heteroatoms. The Labute approximate surface area is 122 Å². The SMILES string of the molecule is COc1ccc2c(c1OC)C(=O)c1ccc(C)cc1C2=O. The zero-order valence-electron chi connectivity index (χ0n) is 12.0. The average Bonchev–Trinajstić information content (AvgIpc) is 2.50. The quantitative estimate of drug-likeness (QED) is 0.725. The van der Waals surface area contributed by atoms with Gasteiger partial charge in [-0.25, -0.2) is 0 Å². The monoisotopic (exact) mass is 282 g/mol. The van der Waals surface area contributed by atoms with Crippen LogP contribution in [0.1, 0.15) is 37.4 Å². The highest BCUT2D eigenvalue weighted by Gasteiger charge is 2.33. The number of carbonyl (C=O) groups excluding carboxylic acids is 2. The Balaban J connectivity index is 2.32. The molecular weight excluding hydrogens is 268 g/mol. The first-order valence-corrected chi connectivity index (χ1v) is 6.53. The molecule has 0 fully saturated rings. The van der Waals surface area contributed by atoms with Crippen LogP contribution in [-0.2, 0) is 0 Å². The van der Waals surface area contributed by atoms with Crippen molar-refractivity contribution in [1.29, 1.82) is 0 Å². The molecule has 0 amide bonds. The number of hydrogen-bond donors (Lipinski definition) is 0. The lowest BCUT2D eigenvalue weighted by atomic mass is 9.83. The molecule has 3 rings (SSSR count). The van der Waals surface area contributed by atoms with Crippen LogP contribution >= 0.6 is 0 Å². The van der Waals surface area contributed by atoms with Crippen molar-refractivity contribution < 1.29 is 19.1 Å². The number of methoxy groups -OCH3 is 2. The third-order valence-corrected chi connectivity index (χ3v) is 3.68. The molecule has 0 saturated carbocycles. The van der Waals surface area contributed by atoms with Crippen LogP contribution in [0, 0.1) is 6.92 Å². The van der Waals surface area contributed by atoms with Crippen LogP contribution in [0.3, 0.4) is 0 Å². The van der Waals surface area contributed by atoms with Crippen LogP contribution in [-0.4, -0.2) is 25.8 Å². The fourth-order valence-electron chi connectivity index (χ4n) is 2.67. The lowest BCUT2D eigenvalue weighted by molar-refractivity contribution is 0.0976. The van der Waals surface area contributed by atoms with E-state index < -0.39 is 0 Å². The zero-order chi connectivity index (χ0) is 15.1. The fraction of sp³-hybridized carbons (Fsp3) is 0.176. The van der Waals surface area contributed by atoms with Gasteiger partial charge in [0, 0.05) is 16.7 Å². The first kappa shape index (κ1) is 13.4. The van der Waals surface area contributed by atoms with E-state index in [1.807, 2.05) is 13.0 Å². The standard InChI is InChI=1S/C17H14O4/c1-9-4-5-10-12(8-9)15(18)11-6-7-13(20-2)17(21-3)14(11)16(10)19/h4-8H,1-3H3.